The molecule has 8 rings (SSSR count). The summed E-state index contributed by atoms with van der Waals surface area (Å²) in [5.74, 6) is -26.1. The maximum atomic E-state index is 14.9. The van der Waals surface area contributed by atoms with Crippen molar-refractivity contribution in [2.75, 3.05) is 71.0 Å². The average molecular weight is 1950 g/mol. The molecule has 10 atom stereocenters. The summed E-state index contributed by atoms with van der Waals surface area (Å²) >= 11 is 0. The number of amides is 1. The van der Waals surface area contributed by atoms with Gasteiger partial charge >= 0.3 is 136 Å². The molecule has 0 spiro atoms. The summed E-state index contributed by atoms with van der Waals surface area (Å²) in [7, 11) is 7.57. The Hall–Kier alpha value is -9.48. The number of rotatable bonds is 42. The average Bonchev–Trinajstić information content (AvgIpc) is 1.50. The van der Waals surface area contributed by atoms with E-state index in [0.717, 1.165) is 23.4 Å². The van der Waals surface area contributed by atoms with E-state index in [9.17, 15) is 92.0 Å². The molecule has 138 heavy (non-hydrogen) atoms. The molecule has 2 saturated heterocycles. The van der Waals surface area contributed by atoms with Crippen LogP contribution in [0.5, 0.6) is 11.5 Å². The number of carboxylic acids is 3. The standard InChI is InChI=1S/C63H82N2O18.C15H12O3.C12H17NO2.C10H16O3.C2H6O.C2H5.3Na.H2O/c1-15-60(5,6)50(59(79)82-41-27-23-38(24-28-41)46(67)31-45(66)37-19-17-35(3)18-20-37)44(54(73)74)34-63(11,12)49(57(77)81-30-29-64-51(68)39-21-25-40(26-22-39)65(13)14)43(53(71)72)33-62(9,10)48(56(76)80-16-2)42(52(69)70)32-61(7,8)47-36(4)55(75)83-58(47)78;16-13-8-6-12(7-9-13)15(18)10-14(17)11-4-2-1-3-5-11;1-13(2)11-7-5-10(6-8-11)12(15)4-3-9-14;1-5-10(3,4)7-6(2)8(11)13-9(7)12;1-2-3;1-2;;;;/h17-28,36,42-44,47-50H,15-16,29-34H2,1-14H3,(H,64,68)(H,69,70)(H,71,72)(H,73,74);1-9,16H,10H2;5-8,14H,3-4,9H2,1-2H3;6-7H,5H2,1-4H3;3H,2H2,1H3;1H2,2H3;;;;1H2/q;;;;;-1;3*+1;/p-3. The number of ether oxygens (including phenoxy) is 5. The van der Waals surface area contributed by atoms with E-state index in [1.807, 2.05) is 96.0 Å². The van der Waals surface area contributed by atoms with Crippen LogP contribution in [-0.4, -0.2) is 182 Å². The molecule has 2 aliphatic rings. The van der Waals surface area contributed by atoms with E-state index >= 15 is 0 Å². The molecule has 740 valence electrons. The molecule has 2 fully saturated rings. The van der Waals surface area contributed by atoms with Crippen LogP contribution in [-0.2, 0) is 66.9 Å². The van der Waals surface area contributed by atoms with Gasteiger partial charge in [0.25, 0.3) is 5.91 Å². The number of aliphatic carboxylic acids is 3. The zero-order chi connectivity index (χ0) is 102. The Morgan fingerprint density at radius 2 is 0.819 bits per heavy atom. The number of aliphatic hydroxyl groups is 2. The molecular formula is C104H137N3Na3O28-. The summed E-state index contributed by atoms with van der Waals surface area (Å²) in [6, 6.07) is 40.8. The number of hydrogen-bond donors (Lipinski definition) is 5. The molecule has 2 heterocycles. The second-order valence-electron chi connectivity index (χ2n) is 36.9. The number of esters is 7. The van der Waals surface area contributed by atoms with E-state index in [1.165, 1.54) is 104 Å². The van der Waals surface area contributed by atoms with Crippen molar-refractivity contribution in [1.29, 1.82) is 0 Å². The van der Waals surface area contributed by atoms with Gasteiger partial charge < -0.3 is 91.4 Å². The minimum Gasteiger partial charge on any atom is -0.870 e. The van der Waals surface area contributed by atoms with Gasteiger partial charge in [-0.1, -0.05) is 170 Å². The van der Waals surface area contributed by atoms with E-state index in [0.29, 0.717) is 35.1 Å². The zero-order valence-corrected chi connectivity index (χ0v) is 90.8. The number of carbonyl (C=O) groups is 16. The van der Waals surface area contributed by atoms with E-state index < -0.39 is 167 Å². The van der Waals surface area contributed by atoms with Gasteiger partial charge in [-0.2, -0.15) is 6.92 Å². The Morgan fingerprint density at radius 1 is 0.464 bits per heavy atom. The Kier molecular flexibility index (Phi) is 58.0. The van der Waals surface area contributed by atoms with E-state index in [-0.39, 0.29) is 203 Å². The number of carboxylic acid groups (broad SMARTS) is 3. The fourth-order valence-electron chi connectivity index (χ4n) is 16.4. The second-order valence-corrected chi connectivity index (χ2v) is 36.9. The largest absolute Gasteiger partial charge is 1.00 e. The number of ketones is 5. The van der Waals surface area contributed by atoms with Gasteiger partial charge in [-0.3, -0.25) is 67.1 Å². The van der Waals surface area contributed by atoms with Crippen molar-refractivity contribution in [3.63, 3.8) is 0 Å². The van der Waals surface area contributed by atoms with Gasteiger partial charge in [-0.05, 0) is 171 Å². The van der Waals surface area contributed by atoms with Crippen LogP contribution in [0.15, 0.2) is 152 Å². The van der Waals surface area contributed by atoms with Crippen LogP contribution in [0, 0.1) is 100 Å². The quantitative estimate of drug-likeness (QED) is 0.00522. The molecule has 6 N–H and O–H groups in total. The Labute approximate surface area is 877 Å². The van der Waals surface area contributed by atoms with Crippen LogP contribution in [0.3, 0.4) is 0 Å². The maximum absolute atomic E-state index is 14.9. The first-order valence-corrected chi connectivity index (χ1v) is 44.8. The first kappa shape index (κ1) is 131. The van der Waals surface area contributed by atoms with Crippen molar-refractivity contribution in [2.45, 2.75) is 182 Å². The van der Waals surface area contributed by atoms with E-state index in [4.69, 9.17) is 34.3 Å². The number of aryl methyl sites for hydroxylation is 1. The van der Waals surface area contributed by atoms with Crippen LogP contribution in [0.2, 0.25) is 0 Å². The molecule has 31 nitrogen and oxygen atoms in total. The molecule has 0 radical (unpaired) electrons. The summed E-state index contributed by atoms with van der Waals surface area (Å²) in [6.45, 7) is 32.1. The van der Waals surface area contributed by atoms with Gasteiger partial charge in [0.2, 0.25) is 0 Å². The van der Waals surface area contributed by atoms with E-state index in [2.05, 4.69) is 17.0 Å². The van der Waals surface area contributed by atoms with Crippen molar-refractivity contribution in [3.05, 3.63) is 198 Å². The van der Waals surface area contributed by atoms with Crippen molar-refractivity contribution in [2.24, 2.45) is 86.3 Å². The van der Waals surface area contributed by atoms with Gasteiger partial charge in [0, 0.05) is 116 Å². The third-order valence-corrected chi connectivity index (χ3v) is 24.3. The predicted octanol–water partition coefficient (Wildman–Crippen LogP) is 4.25. The third kappa shape index (κ3) is 39.2. The van der Waals surface area contributed by atoms with Crippen LogP contribution < -0.4 is 119 Å². The topological polar surface area (TPSA) is 495 Å². The smallest absolute Gasteiger partial charge is 0.870 e. The number of carbonyl (C=O) groups excluding carboxylic acids is 15. The molecule has 2 aliphatic heterocycles. The van der Waals surface area contributed by atoms with E-state index in [1.54, 1.807) is 114 Å². The summed E-state index contributed by atoms with van der Waals surface area (Å²) in [4.78, 5) is 211. The van der Waals surface area contributed by atoms with Crippen LogP contribution >= 0.6 is 0 Å². The van der Waals surface area contributed by atoms with Crippen molar-refractivity contribution >= 4 is 106 Å². The molecule has 34 heteroatoms. The zero-order valence-electron chi connectivity index (χ0n) is 84.8. The van der Waals surface area contributed by atoms with Gasteiger partial charge in [0.05, 0.1) is 73.3 Å². The van der Waals surface area contributed by atoms with Gasteiger partial charge in [0.15, 0.2) is 28.9 Å². The molecule has 6 aromatic rings. The molecule has 6 aromatic carbocycles. The molecular weight excluding hydrogens is 1810 g/mol. The summed E-state index contributed by atoms with van der Waals surface area (Å²) in [5.41, 5.74) is -0.996. The van der Waals surface area contributed by atoms with Crippen molar-refractivity contribution in [1.82, 2.24) is 5.32 Å². The molecule has 0 aliphatic carbocycles. The maximum Gasteiger partial charge on any atom is 1.00 e. The second kappa shape index (κ2) is 61.3. The first-order valence-electron chi connectivity index (χ1n) is 44.8. The number of cyclic esters (lactones) is 4. The van der Waals surface area contributed by atoms with Crippen molar-refractivity contribution in [3.8, 4) is 11.5 Å². The summed E-state index contributed by atoms with van der Waals surface area (Å²) in [6.07, 6.45) is -0.397. The molecule has 10 unspecified atom stereocenters. The molecule has 0 aromatic heterocycles. The number of benzene rings is 6. The van der Waals surface area contributed by atoms with Gasteiger partial charge in [-0.25, -0.2) is 0 Å². The monoisotopic (exact) mass is 1940 g/mol. The predicted molar refractivity (Wildman–Crippen MR) is 502 cm³/mol. The number of phenolic OH excluding ortho intramolecular Hbond substituents is 1. The number of nitrogens with one attached hydrogen (secondary N) is 1. The van der Waals surface area contributed by atoms with Crippen LogP contribution in [0.4, 0.5) is 11.4 Å². The number of anilines is 2. The molecule has 0 saturated carbocycles. The number of aromatic hydroxyl groups is 1. The Balaban J connectivity index is 0. The summed E-state index contributed by atoms with van der Waals surface area (Å²) in [5, 5.41) is 66.3. The third-order valence-electron chi connectivity index (χ3n) is 24.3. The molecule has 1 amide bonds. The van der Waals surface area contributed by atoms with Crippen LogP contribution in [0.1, 0.15) is 243 Å². The Morgan fingerprint density at radius 3 is 1.20 bits per heavy atom. The molecule has 0 bridgehead atoms. The summed E-state index contributed by atoms with van der Waals surface area (Å²) < 4.78 is 26.5. The number of Topliss-reactive ketones (excluding diaryl/α,β-unsaturated/α-hetero) is 5. The number of hydrogen-bond acceptors (Lipinski definition) is 29. The van der Waals surface area contributed by atoms with Crippen LogP contribution in [0.25, 0.3) is 0 Å². The number of phenols is 1. The SMILES string of the molecule is CCC(C)(C)C1C(=O)OC(=O)C1C.CCO.CCOC(=O)C(C(CC(C)(C)C1C(=O)OC(=O)C1C)C(=O)[O-])C(C)(C)CC(C(=O)O)C(C(=O)OCCNC(=O)c1ccc(N(C)C)cc1)C(C)(C)CC(C(=O)[O-])C(C(=O)Oc1ccc(C(=O)CC(=O)c2ccc(C)cc2)cc1)C(C)(C)CC.CN(C)c1ccc(C(=O)CCCO)cc1.O=C(CC(=O)c1ccc(O)cc1)c1ccccc1.[CH2-]C.[Na+].[Na+].[Na+].[OH-]. The minimum atomic E-state index is -1.92. The number of aliphatic hydroxyl groups excluding tert-OH is 2. The normalized spacial score (nSPS) is 15.5. The van der Waals surface area contributed by atoms with Gasteiger partial charge in [0.1, 0.15) is 18.1 Å². The minimum absolute atomic E-state index is 0. The van der Waals surface area contributed by atoms with Gasteiger partial charge in [-0.15, -0.1) is 0 Å². The fourth-order valence-corrected chi connectivity index (χ4v) is 16.4. The van der Waals surface area contributed by atoms with Crippen molar-refractivity contribution < 1.29 is 225 Å². The Bertz CT molecular complexity index is 4980. The number of nitrogens with zero attached hydrogens (tertiary/aromatic N) is 2. The fraction of sp³-hybridized carbons (Fsp3) is 0.490. The first-order chi connectivity index (χ1) is 62.6.